The van der Waals surface area contributed by atoms with Crippen molar-refractivity contribution in [3.63, 3.8) is 0 Å². The molecule has 0 saturated heterocycles. The second-order valence-electron chi connectivity index (χ2n) is 5.43. The van der Waals surface area contributed by atoms with Crippen LogP contribution in [0.4, 0.5) is 10.1 Å². The Kier molecular flexibility index (Phi) is 8.53. The average Bonchev–Trinajstić information content (AvgIpc) is 2.57. The van der Waals surface area contributed by atoms with Crippen LogP contribution in [-0.4, -0.2) is 27.1 Å². The highest BCUT2D eigenvalue weighted by atomic mass is 127. The van der Waals surface area contributed by atoms with Gasteiger partial charge in [0.15, 0.2) is 5.96 Å². The third kappa shape index (κ3) is 5.99. The lowest BCUT2D eigenvalue weighted by molar-refractivity contribution is 0.604. The number of aliphatic imine (C=N–C) groups is 1. The molecular weight excluding hydrogens is 418 g/mol. The lowest BCUT2D eigenvalue weighted by Crippen LogP contribution is -2.36. The van der Waals surface area contributed by atoms with Crippen LogP contribution in [0, 0.1) is 5.82 Å². The zero-order valence-corrected chi connectivity index (χ0v) is 16.5. The van der Waals surface area contributed by atoms with Crippen molar-refractivity contribution in [2.24, 2.45) is 4.99 Å². The Balaban J connectivity index is 0.00000288. The van der Waals surface area contributed by atoms with E-state index < -0.39 is 0 Å². The first-order valence-electron chi connectivity index (χ1n) is 7.54. The van der Waals surface area contributed by atoms with E-state index in [9.17, 15) is 4.39 Å². The van der Waals surface area contributed by atoms with E-state index in [4.69, 9.17) is 0 Å². The molecule has 0 aliphatic heterocycles. The molecule has 2 aromatic rings. The SMILES string of the molecule is CN=C(NCc1ccc(N(C)C)cc1)NCc1ccccc1F.I. The first kappa shape index (κ1) is 20.2. The molecule has 0 heterocycles. The summed E-state index contributed by atoms with van der Waals surface area (Å²) in [7, 11) is 5.73. The van der Waals surface area contributed by atoms with E-state index in [0.29, 0.717) is 24.6 Å². The quantitative estimate of drug-likeness (QED) is 0.424. The second-order valence-corrected chi connectivity index (χ2v) is 5.43. The van der Waals surface area contributed by atoms with E-state index in [2.05, 4.69) is 44.8 Å². The summed E-state index contributed by atoms with van der Waals surface area (Å²) in [4.78, 5) is 6.22. The fourth-order valence-electron chi connectivity index (χ4n) is 2.14. The third-order valence-corrected chi connectivity index (χ3v) is 3.54. The molecule has 6 heteroatoms. The summed E-state index contributed by atoms with van der Waals surface area (Å²) in [5.74, 6) is 0.430. The molecule has 0 radical (unpaired) electrons. The van der Waals surface area contributed by atoms with Crippen LogP contribution in [0.15, 0.2) is 53.5 Å². The molecule has 0 aliphatic rings. The van der Waals surface area contributed by atoms with Gasteiger partial charge >= 0.3 is 0 Å². The van der Waals surface area contributed by atoms with Crippen LogP contribution in [0.2, 0.25) is 0 Å². The molecule has 0 aromatic heterocycles. The zero-order valence-electron chi connectivity index (χ0n) is 14.2. The van der Waals surface area contributed by atoms with Gasteiger partial charge < -0.3 is 15.5 Å². The molecule has 2 N–H and O–H groups in total. The fourth-order valence-corrected chi connectivity index (χ4v) is 2.14. The summed E-state index contributed by atoms with van der Waals surface area (Å²) in [5.41, 5.74) is 2.94. The summed E-state index contributed by atoms with van der Waals surface area (Å²) in [5, 5.41) is 6.34. The topological polar surface area (TPSA) is 39.7 Å². The molecule has 2 rings (SSSR count). The summed E-state index contributed by atoms with van der Waals surface area (Å²) in [6.45, 7) is 1.05. The number of nitrogens with one attached hydrogen (secondary N) is 2. The third-order valence-electron chi connectivity index (χ3n) is 3.54. The smallest absolute Gasteiger partial charge is 0.191 e. The first-order chi connectivity index (χ1) is 11.1. The fraction of sp³-hybridized carbons (Fsp3) is 0.278. The summed E-state index contributed by atoms with van der Waals surface area (Å²) in [6, 6.07) is 15.0. The lowest BCUT2D eigenvalue weighted by atomic mass is 10.2. The molecule has 0 amide bonds. The Morgan fingerprint density at radius 1 is 1.00 bits per heavy atom. The highest BCUT2D eigenvalue weighted by Crippen LogP contribution is 2.12. The zero-order chi connectivity index (χ0) is 16.7. The van der Waals surface area contributed by atoms with Gasteiger partial charge in [-0.15, -0.1) is 24.0 Å². The van der Waals surface area contributed by atoms with Crippen molar-refractivity contribution >= 4 is 35.6 Å². The summed E-state index contributed by atoms with van der Waals surface area (Å²) >= 11 is 0. The number of nitrogens with zero attached hydrogens (tertiary/aromatic N) is 2. The highest BCUT2D eigenvalue weighted by Gasteiger charge is 2.03. The largest absolute Gasteiger partial charge is 0.378 e. The van der Waals surface area contributed by atoms with E-state index in [-0.39, 0.29) is 29.8 Å². The molecule has 0 saturated carbocycles. The Morgan fingerprint density at radius 3 is 2.21 bits per heavy atom. The number of anilines is 1. The maximum atomic E-state index is 13.6. The predicted octanol–water partition coefficient (Wildman–Crippen LogP) is 3.37. The van der Waals surface area contributed by atoms with Gasteiger partial charge in [0.25, 0.3) is 0 Å². The molecule has 2 aromatic carbocycles. The van der Waals surface area contributed by atoms with Gasteiger partial charge in [0.05, 0.1) is 0 Å². The van der Waals surface area contributed by atoms with Crippen LogP contribution in [0.5, 0.6) is 0 Å². The first-order valence-corrected chi connectivity index (χ1v) is 7.54. The molecule has 0 fully saturated rings. The van der Waals surface area contributed by atoms with Gasteiger partial charge in [-0.1, -0.05) is 30.3 Å². The summed E-state index contributed by atoms with van der Waals surface area (Å²) in [6.07, 6.45) is 0. The molecule has 0 spiro atoms. The average molecular weight is 442 g/mol. The highest BCUT2D eigenvalue weighted by molar-refractivity contribution is 14.0. The van der Waals surface area contributed by atoms with Gasteiger partial charge in [-0.05, 0) is 23.8 Å². The number of hydrogen-bond acceptors (Lipinski definition) is 2. The van der Waals surface area contributed by atoms with Crippen molar-refractivity contribution < 1.29 is 4.39 Å². The van der Waals surface area contributed by atoms with Crippen molar-refractivity contribution in [3.05, 3.63) is 65.5 Å². The molecule has 0 unspecified atom stereocenters. The molecule has 130 valence electrons. The van der Waals surface area contributed by atoms with Gasteiger partial charge in [0, 0.05) is 45.5 Å². The van der Waals surface area contributed by atoms with Crippen molar-refractivity contribution in [2.45, 2.75) is 13.1 Å². The molecule has 24 heavy (non-hydrogen) atoms. The number of halogens is 2. The predicted molar refractivity (Wildman–Crippen MR) is 110 cm³/mol. The number of guanidine groups is 1. The molecule has 0 bridgehead atoms. The monoisotopic (exact) mass is 442 g/mol. The van der Waals surface area contributed by atoms with Crippen LogP contribution < -0.4 is 15.5 Å². The van der Waals surface area contributed by atoms with Gasteiger partial charge in [-0.3, -0.25) is 4.99 Å². The Hall–Kier alpha value is -1.83. The summed E-state index contributed by atoms with van der Waals surface area (Å²) < 4.78 is 13.6. The molecule has 4 nitrogen and oxygen atoms in total. The standard InChI is InChI=1S/C18H23FN4.HI/c1-20-18(22-13-15-6-4-5-7-17(15)19)21-12-14-8-10-16(11-9-14)23(2)3;/h4-11H,12-13H2,1-3H3,(H2,20,21,22);1H. The maximum absolute atomic E-state index is 13.6. The minimum atomic E-state index is -0.213. The number of benzene rings is 2. The molecule has 0 atom stereocenters. The van der Waals surface area contributed by atoms with Gasteiger partial charge in [-0.25, -0.2) is 4.39 Å². The van der Waals surface area contributed by atoms with Crippen molar-refractivity contribution in [2.75, 3.05) is 26.0 Å². The Morgan fingerprint density at radius 2 is 1.62 bits per heavy atom. The van der Waals surface area contributed by atoms with E-state index in [1.54, 1.807) is 19.2 Å². The minimum Gasteiger partial charge on any atom is -0.378 e. The van der Waals surface area contributed by atoms with E-state index in [1.807, 2.05) is 20.2 Å². The van der Waals surface area contributed by atoms with Crippen molar-refractivity contribution in [1.29, 1.82) is 0 Å². The lowest BCUT2D eigenvalue weighted by Gasteiger charge is -2.14. The molecule has 0 aliphatic carbocycles. The Bertz CT molecular complexity index is 656. The van der Waals surface area contributed by atoms with Crippen LogP contribution in [0.25, 0.3) is 0 Å². The van der Waals surface area contributed by atoms with Crippen molar-refractivity contribution in [3.8, 4) is 0 Å². The van der Waals surface area contributed by atoms with Gasteiger partial charge in [0.2, 0.25) is 0 Å². The van der Waals surface area contributed by atoms with Crippen LogP contribution in [-0.2, 0) is 13.1 Å². The Labute approximate surface area is 160 Å². The van der Waals surface area contributed by atoms with E-state index >= 15 is 0 Å². The van der Waals surface area contributed by atoms with Gasteiger partial charge in [-0.2, -0.15) is 0 Å². The van der Waals surface area contributed by atoms with Crippen molar-refractivity contribution in [1.82, 2.24) is 10.6 Å². The van der Waals surface area contributed by atoms with E-state index in [1.165, 1.54) is 6.07 Å². The normalized spacial score (nSPS) is 10.8. The van der Waals surface area contributed by atoms with Crippen LogP contribution in [0.1, 0.15) is 11.1 Å². The van der Waals surface area contributed by atoms with Crippen LogP contribution >= 0.6 is 24.0 Å². The minimum absolute atomic E-state index is 0. The number of hydrogen-bond donors (Lipinski definition) is 2. The van der Waals surface area contributed by atoms with Gasteiger partial charge in [0.1, 0.15) is 5.82 Å². The number of rotatable bonds is 5. The maximum Gasteiger partial charge on any atom is 0.191 e. The van der Waals surface area contributed by atoms with Crippen LogP contribution in [0.3, 0.4) is 0 Å². The van der Waals surface area contributed by atoms with E-state index in [0.717, 1.165) is 11.3 Å². The second kappa shape index (κ2) is 10.1. The molecular formula is C18H24FIN4.